The van der Waals surface area contributed by atoms with E-state index in [-0.39, 0.29) is 5.91 Å². The lowest BCUT2D eigenvalue weighted by Gasteiger charge is -2.20. The molecule has 0 fully saturated rings. The van der Waals surface area contributed by atoms with E-state index in [1.807, 2.05) is 38.7 Å². The van der Waals surface area contributed by atoms with Crippen LogP contribution in [0.4, 0.5) is 0 Å². The van der Waals surface area contributed by atoms with Crippen LogP contribution in [0.15, 0.2) is 12.3 Å². The van der Waals surface area contributed by atoms with E-state index in [0.29, 0.717) is 0 Å². The van der Waals surface area contributed by atoms with E-state index in [4.69, 9.17) is 0 Å². The average molecular weight is 206 g/mol. The number of hydrogen-bond acceptors (Lipinski definition) is 2. The van der Waals surface area contributed by atoms with E-state index in [9.17, 15) is 4.79 Å². The van der Waals surface area contributed by atoms with Gasteiger partial charge in [0.1, 0.15) is 0 Å². The predicted molar refractivity (Wildman–Crippen MR) is 61.0 cm³/mol. The van der Waals surface area contributed by atoms with Gasteiger partial charge in [-0.25, -0.2) is 0 Å². The molecule has 0 N–H and O–H groups in total. The molecule has 3 heteroatoms. The summed E-state index contributed by atoms with van der Waals surface area (Å²) in [5, 5.41) is 0. The van der Waals surface area contributed by atoms with E-state index in [2.05, 4.69) is 4.98 Å². The van der Waals surface area contributed by atoms with Crippen LogP contribution in [0.2, 0.25) is 0 Å². The Morgan fingerprint density at radius 3 is 2.40 bits per heavy atom. The Hall–Kier alpha value is -1.38. The fourth-order valence-corrected chi connectivity index (χ4v) is 1.69. The quantitative estimate of drug-likeness (QED) is 0.759. The highest BCUT2D eigenvalue weighted by Gasteiger charge is 2.17. The first-order valence-electron chi connectivity index (χ1n) is 5.33. The molecule has 0 unspecified atom stereocenters. The molecule has 0 spiro atoms. The van der Waals surface area contributed by atoms with Gasteiger partial charge in [-0.05, 0) is 39.3 Å². The molecule has 0 saturated carbocycles. The first-order chi connectivity index (χ1) is 7.11. The van der Waals surface area contributed by atoms with Crippen molar-refractivity contribution in [2.45, 2.75) is 27.7 Å². The van der Waals surface area contributed by atoms with Gasteiger partial charge in [0.15, 0.2) is 0 Å². The fraction of sp³-hybridized carbons (Fsp3) is 0.500. The lowest BCUT2D eigenvalue weighted by Crippen LogP contribution is -2.31. The molecule has 0 aliphatic heterocycles. The second kappa shape index (κ2) is 4.91. The maximum atomic E-state index is 12.1. The molecule has 1 heterocycles. The maximum absolute atomic E-state index is 12.1. The molecular formula is C12H18N2O. The van der Waals surface area contributed by atoms with Crippen LogP contribution in [0.25, 0.3) is 0 Å². The van der Waals surface area contributed by atoms with Gasteiger partial charge in [0.2, 0.25) is 0 Å². The molecule has 0 aliphatic carbocycles. The van der Waals surface area contributed by atoms with Gasteiger partial charge in [-0.1, -0.05) is 0 Å². The highest BCUT2D eigenvalue weighted by Crippen LogP contribution is 2.13. The van der Waals surface area contributed by atoms with Crippen LogP contribution in [-0.4, -0.2) is 28.9 Å². The van der Waals surface area contributed by atoms with Crippen molar-refractivity contribution >= 4 is 5.91 Å². The summed E-state index contributed by atoms with van der Waals surface area (Å²) in [6.07, 6.45) is 1.74. The molecule has 1 rings (SSSR count). The molecule has 0 atom stereocenters. The highest BCUT2D eigenvalue weighted by molar-refractivity contribution is 5.96. The molecule has 0 radical (unpaired) electrons. The highest BCUT2D eigenvalue weighted by atomic mass is 16.2. The Balaban J connectivity index is 3.10. The van der Waals surface area contributed by atoms with E-state index in [1.54, 1.807) is 6.20 Å². The number of aryl methyl sites for hydroxylation is 2. The first-order valence-corrected chi connectivity index (χ1v) is 5.33. The number of aromatic nitrogens is 1. The second-order valence-corrected chi connectivity index (χ2v) is 3.57. The van der Waals surface area contributed by atoms with Crippen molar-refractivity contribution in [3.8, 4) is 0 Å². The Morgan fingerprint density at radius 2 is 1.93 bits per heavy atom. The molecule has 0 bridgehead atoms. The van der Waals surface area contributed by atoms with Gasteiger partial charge in [-0.15, -0.1) is 0 Å². The van der Waals surface area contributed by atoms with Crippen molar-refractivity contribution in [1.29, 1.82) is 0 Å². The van der Waals surface area contributed by atoms with Crippen LogP contribution in [0, 0.1) is 13.8 Å². The smallest absolute Gasteiger partial charge is 0.255 e. The van der Waals surface area contributed by atoms with Gasteiger partial charge in [-0.2, -0.15) is 0 Å². The topological polar surface area (TPSA) is 33.2 Å². The Labute approximate surface area is 91.1 Å². The van der Waals surface area contributed by atoms with Crippen LogP contribution in [0.1, 0.15) is 35.5 Å². The van der Waals surface area contributed by atoms with Crippen LogP contribution < -0.4 is 0 Å². The second-order valence-electron chi connectivity index (χ2n) is 3.57. The summed E-state index contributed by atoms with van der Waals surface area (Å²) in [6.45, 7) is 9.28. The predicted octanol–water partition coefficient (Wildman–Crippen LogP) is 2.18. The third-order valence-electron chi connectivity index (χ3n) is 2.61. The van der Waals surface area contributed by atoms with Gasteiger partial charge in [0, 0.05) is 19.3 Å². The van der Waals surface area contributed by atoms with Crippen molar-refractivity contribution in [2.75, 3.05) is 13.1 Å². The Morgan fingerprint density at radius 1 is 1.33 bits per heavy atom. The maximum Gasteiger partial charge on any atom is 0.255 e. The molecular weight excluding hydrogens is 188 g/mol. The van der Waals surface area contributed by atoms with Gasteiger partial charge in [0.05, 0.1) is 11.3 Å². The van der Waals surface area contributed by atoms with E-state index < -0.39 is 0 Å². The minimum atomic E-state index is 0.0862. The summed E-state index contributed by atoms with van der Waals surface area (Å²) in [6, 6.07) is 1.88. The Bertz CT molecular complexity index is 336. The number of amides is 1. The summed E-state index contributed by atoms with van der Waals surface area (Å²) in [5.41, 5.74) is 2.56. The Kier molecular flexibility index (Phi) is 3.83. The molecule has 15 heavy (non-hydrogen) atoms. The zero-order valence-corrected chi connectivity index (χ0v) is 9.87. The molecule has 0 saturated heterocycles. The molecule has 1 aromatic rings. The van der Waals surface area contributed by atoms with E-state index >= 15 is 0 Å². The molecule has 1 aromatic heterocycles. The van der Waals surface area contributed by atoms with Crippen LogP contribution in [-0.2, 0) is 0 Å². The van der Waals surface area contributed by atoms with Crippen molar-refractivity contribution in [3.05, 3.63) is 29.1 Å². The lowest BCUT2D eigenvalue weighted by molar-refractivity contribution is 0.0771. The molecule has 1 amide bonds. The van der Waals surface area contributed by atoms with Crippen LogP contribution in [0.3, 0.4) is 0 Å². The average Bonchev–Trinajstić information content (AvgIpc) is 2.19. The van der Waals surface area contributed by atoms with Crippen molar-refractivity contribution in [3.63, 3.8) is 0 Å². The number of pyridine rings is 1. The standard InChI is InChI=1S/C12H18N2O/c1-5-14(6-2)12(15)11-9(3)7-8-13-10(11)4/h7-8H,5-6H2,1-4H3. The summed E-state index contributed by atoms with van der Waals surface area (Å²) in [5.74, 6) is 0.0862. The number of carbonyl (C=O) groups is 1. The van der Waals surface area contributed by atoms with Gasteiger partial charge in [-0.3, -0.25) is 9.78 Å². The minimum Gasteiger partial charge on any atom is -0.339 e. The molecule has 0 aliphatic rings. The van der Waals surface area contributed by atoms with Gasteiger partial charge >= 0.3 is 0 Å². The first kappa shape index (κ1) is 11.7. The largest absolute Gasteiger partial charge is 0.339 e. The summed E-state index contributed by atoms with van der Waals surface area (Å²) >= 11 is 0. The summed E-state index contributed by atoms with van der Waals surface area (Å²) in [4.78, 5) is 18.1. The SMILES string of the molecule is CCN(CC)C(=O)c1c(C)ccnc1C. The van der Waals surface area contributed by atoms with Crippen LogP contribution >= 0.6 is 0 Å². The third-order valence-corrected chi connectivity index (χ3v) is 2.61. The summed E-state index contributed by atoms with van der Waals surface area (Å²) in [7, 11) is 0. The number of rotatable bonds is 3. The van der Waals surface area contributed by atoms with Crippen LogP contribution in [0.5, 0.6) is 0 Å². The molecule has 3 nitrogen and oxygen atoms in total. The number of carbonyl (C=O) groups excluding carboxylic acids is 1. The molecule has 0 aromatic carbocycles. The van der Waals surface area contributed by atoms with Gasteiger partial charge < -0.3 is 4.90 Å². The van der Waals surface area contributed by atoms with Crippen molar-refractivity contribution in [2.24, 2.45) is 0 Å². The van der Waals surface area contributed by atoms with E-state index in [0.717, 1.165) is 29.9 Å². The lowest BCUT2D eigenvalue weighted by atomic mass is 10.1. The normalized spacial score (nSPS) is 10.1. The van der Waals surface area contributed by atoms with Crippen molar-refractivity contribution in [1.82, 2.24) is 9.88 Å². The monoisotopic (exact) mass is 206 g/mol. The third kappa shape index (κ3) is 2.35. The fourth-order valence-electron chi connectivity index (χ4n) is 1.69. The zero-order valence-electron chi connectivity index (χ0n) is 9.87. The zero-order chi connectivity index (χ0) is 11.4. The minimum absolute atomic E-state index is 0.0862. The number of nitrogens with zero attached hydrogens (tertiary/aromatic N) is 2. The molecule has 82 valence electrons. The van der Waals surface area contributed by atoms with E-state index in [1.165, 1.54) is 0 Å². The van der Waals surface area contributed by atoms with Crippen molar-refractivity contribution < 1.29 is 4.79 Å². The number of hydrogen-bond donors (Lipinski definition) is 0. The summed E-state index contributed by atoms with van der Waals surface area (Å²) < 4.78 is 0. The van der Waals surface area contributed by atoms with Gasteiger partial charge in [0.25, 0.3) is 5.91 Å².